The van der Waals surface area contributed by atoms with Crippen LogP contribution in [-0.4, -0.2) is 24.3 Å². The van der Waals surface area contributed by atoms with Crippen LogP contribution < -0.4 is 10.2 Å². The Morgan fingerprint density at radius 2 is 2.05 bits per heavy atom. The summed E-state index contributed by atoms with van der Waals surface area (Å²) in [6, 6.07) is 5.67. The first kappa shape index (κ1) is 10.7. The van der Waals surface area contributed by atoms with Crippen LogP contribution in [0.4, 0.5) is 5.69 Å². The molecule has 0 saturated carbocycles. The second-order valence-electron chi connectivity index (χ2n) is 5.33. The van der Waals surface area contributed by atoms with Crippen molar-refractivity contribution >= 4 is 23.4 Å². The molecule has 1 unspecified atom stereocenters. The van der Waals surface area contributed by atoms with Crippen molar-refractivity contribution in [1.29, 1.82) is 0 Å². The van der Waals surface area contributed by atoms with E-state index in [4.69, 9.17) is 0 Å². The summed E-state index contributed by atoms with van der Waals surface area (Å²) in [5.41, 5.74) is 1.37. The molecule has 3 heterocycles. The van der Waals surface area contributed by atoms with Crippen LogP contribution in [0, 0.1) is 0 Å². The van der Waals surface area contributed by atoms with E-state index in [1.807, 2.05) is 12.1 Å². The van der Waals surface area contributed by atoms with Gasteiger partial charge >= 0.3 is 0 Å². The number of aryl methyl sites for hydroxylation is 1. The van der Waals surface area contributed by atoms with E-state index >= 15 is 0 Å². The first-order valence-electron chi connectivity index (χ1n) is 6.43. The molecule has 0 bridgehead atoms. The van der Waals surface area contributed by atoms with Gasteiger partial charge in [-0.2, -0.15) is 0 Å². The first-order valence-corrected chi connectivity index (χ1v) is 6.43. The van der Waals surface area contributed by atoms with E-state index in [2.05, 4.69) is 5.32 Å². The van der Waals surface area contributed by atoms with E-state index in [0.717, 1.165) is 24.1 Å². The number of hydrogen-bond acceptors (Lipinski definition) is 3. The van der Waals surface area contributed by atoms with Crippen LogP contribution in [0.5, 0.6) is 0 Å². The molecule has 4 rings (SSSR count). The molecule has 0 radical (unpaired) electrons. The van der Waals surface area contributed by atoms with Crippen molar-refractivity contribution in [2.24, 2.45) is 0 Å². The summed E-state index contributed by atoms with van der Waals surface area (Å²) in [4.78, 5) is 38.1. The number of imide groups is 1. The molecule has 5 nitrogen and oxygen atoms in total. The molecule has 1 N–H and O–H groups in total. The topological polar surface area (TPSA) is 66.5 Å². The Balaban J connectivity index is 2.03. The zero-order valence-corrected chi connectivity index (χ0v) is 10.2. The molecule has 3 aliphatic rings. The average Bonchev–Trinajstić information content (AvgIpc) is 2.83. The maximum Gasteiger partial charge on any atom is 0.247 e. The Hall–Kier alpha value is -2.17. The molecule has 1 fully saturated rings. The number of rotatable bonds is 0. The molecule has 1 atom stereocenters. The Kier molecular flexibility index (Phi) is 1.82. The summed E-state index contributed by atoms with van der Waals surface area (Å²) in [7, 11) is 0. The predicted octanol–water partition coefficient (Wildman–Crippen LogP) is 0.264. The number of fused-ring (bicyclic) bond motifs is 1. The smallest absolute Gasteiger partial charge is 0.247 e. The highest BCUT2D eigenvalue weighted by atomic mass is 16.2. The Morgan fingerprint density at radius 1 is 1.21 bits per heavy atom. The van der Waals surface area contributed by atoms with Crippen LogP contribution in [0.15, 0.2) is 18.2 Å². The van der Waals surface area contributed by atoms with Crippen LogP contribution in [0.25, 0.3) is 0 Å². The zero-order valence-electron chi connectivity index (χ0n) is 10.2. The van der Waals surface area contributed by atoms with Gasteiger partial charge < -0.3 is 4.90 Å². The van der Waals surface area contributed by atoms with Crippen molar-refractivity contribution in [3.8, 4) is 0 Å². The second kappa shape index (κ2) is 3.23. The lowest BCUT2D eigenvalue weighted by Crippen LogP contribution is -2.46. The molecule has 1 spiro atoms. The molecular weight excluding hydrogens is 244 g/mol. The highest BCUT2D eigenvalue weighted by Crippen LogP contribution is 2.49. The van der Waals surface area contributed by atoms with Gasteiger partial charge in [0.05, 0.1) is 12.1 Å². The summed E-state index contributed by atoms with van der Waals surface area (Å²) in [5.74, 6) is -1.07. The summed E-state index contributed by atoms with van der Waals surface area (Å²) in [6.07, 6.45) is 1.75. The fraction of sp³-hybridized carbons (Fsp3) is 0.357. The largest absolute Gasteiger partial charge is 0.311 e. The molecule has 3 aliphatic heterocycles. The number of benzene rings is 1. The second-order valence-corrected chi connectivity index (χ2v) is 5.33. The number of amides is 3. The standard InChI is InChI=1S/C14H12N2O3/c17-10-7-14(12(18)15-10)9-5-1-3-8-4-2-6-16(11(8)9)13(14)19/h1,3,5H,2,4,6-7H2,(H,15,17,18). The molecular formula is C14H12N2O3. The summed E-state index contributed by atoms with van der Waals surface area (Å²) < 4.78 is 0. The molecule has 1 aromatic rings. The van der Waals surface area contributed by atoms with Gasteiger partial charge in [0.2, 0.25) is 17.7 Å². The normalized spacial score (nSPS) is 28.0. The molecule has 1 saturated heterocycles. The third-order valence-electron chi connectivity index (χ3n) is 4.35. The van der Waals surface area contributed by atoms with Gasteiger partial charge in [-0.05, 0) is 18.4 Å². The van der Waals surface area contributed by atoms with Crippen molar-refractivity contribution in [2.45, 2.75) is 24.7 Å². The van der Waals surface area contributed by atoms with Crippen molar-refractivity contribution in [1.82, 2.24) is 5.32 Å². The fourth-order valence-electron chi connectivity index (χ4n) is 3.53. The maximum absolute atomic E-state index is 12.7. The summed E-state index contributed by atoms with van der Waals surface area (Å²) in [5, 5.41) is 2.28. The Labute approximate surface area is 109 Å². The number of nitrogens with one attached hydrogen (secondary N) is 1. The number of para-hydroxylation sites is 1. The number of carbonyl (C=O) groups excluding carboxylic acids is 3. The lowest BCUT2D eigenvalue weighted by atomic mass is 9.79. The van der Waals surface area contributed by atoms with Crippen LogP contribution in [-0.2, 0) is 26.2 Å². The predicted molar refractivity (Wildman–Crippen MR) is 66.6 cm³/mol. The van der Waals surface area contributed by atoms with Crippen LogP contribution in [0.1, 0.15) is 24.0 Å². The van der Waals surface area contributed by atoms with E-state index in [1.165, 1.54) is 0 Å². The third-order valence-corrected chi connectivity index (χ3v) is 4.35. The quantitative estimate of drug-likeness (QED) is 0.535. The summed E-state index contributed by atoms with van der Waals surface area (Å²) in [6.45, 7) is 0.631. The zero-order chi connectivity index (χ0) is 13.2. The molecule has 0 aliphatic carbocycles. The fourth-order valence-corrected chi connectivity index (χ4v) is 3.53. The molecule has 96 valence electrons. The van der Waals surface area contributed by atoms with Gasteiger partial charge in [-0.25, -0.2) is 0 Å². The number of nitrogens with zero attached hydrogens (tertiary/aromatic N) is 1. The molecule has 5 heteroatoms. The molecule has 19 heavy (non-hydrogen) atoms. The van der Waals surface area contributed by atoms with Crippen LogP contribution in [0.2, 0.25) is 0 Å². The maximum atomic E-state index is 12.7. The van der Waals surface area contributed by atoms with Gasteiger partial charge in [0.15, 0.2) is 5.41 Å². The number of anilines is 1. The highest BCUT2D eigenvalue weighted by Gasteiger charge is 2.61. The highest BCUT2D eigenvalue weighted by molar-refractivity contribution is 6.29. The van der Waals surface area contributed by atoms with Crippen molar-refractivity contribution in [3.63, 3.8) is 0 Å². The molecule has 1 aromatic carbocycles. The third kappa shape index (κ3) is 1.08. The van der Waals surface area contributed by atoms with E-state index in [-0.39, 0.29) is 18.2 Å². The lowest BCUT2D eigenvalue weighted by Gasteiger charge is -2.25. The van der Waals surface area contributed by atoms with Crippen molar-refractivity contribution in [2.75, 3.05) is 11.4 Å². The minimum Gasteiger partial charge on any atom is -0.311 e. The monoisotopic (exact) mass is 256 g/mol. The van der Waals surface area contributed by atoms with Gasteiger partial charge in [0.25, 0.3) is 0 Å². The molecule has 0 aromatic heterocycles. The van der Waals surface area contributed by atoms with Crippen molar-refractivity contribution in [3.05, 3.63) is 29.3 Å². The van der Waals surface area contributed by atoms with Gasteiger partial charge in [-0.3, -0.25) is 19.7 Å². The summed E-state index contributed by atoms with van der Waals surface area (Å²) >= 11 is 0. The van der Waals surface area contributed by atoms with Crippen LogP contribution in [0.3, 0.4) is 0 Å². The minimum atomic E-state index is -1.30. The Morgan fingerprint density at radius 3 is 2.79 bits per heavy atom. The van der Waals surface area contributed by atoms with Gasteiger partial charge in [0.1, 0.15) is 0 Å². The lowest BCUT2D eigenvalue weighted by molar-refractivity contribution is -0.133. The van der Waals surface area contributed by atoms with E-state index in [0.29, 0.717) is 12.1 Å². The first-order chi connectivity index (χ1) is 9.14. The van der Waals surface area contributed by atoms with Crippen LogP contribution >= 0.6 is 0 Å². The van der Waals surface area contributed by atoms with E-state index in [9.17, 15) is 14.4 Å². The molecule has 3 amide bonds. The minimum absolute atomic E-state index is 0.0579. The number of carbonyl (C=O) groups is 3. The van der Waals surface area contributed by atoms with Crippen molar-refractivity contribution < 1.29 is 14.4 Å². The van der Waals surface area contributed by atoms with Gasteiger partial charge in [0, 0.05) is 12.1 Å². The van der Waals surface area contributed by atoms with Gasteiger partial charge in [-0.1, -0.05) is 18.2 Å². The van der Waals surface area contributed by atoms with Gasteiger partial charge in [-0.15, -0.1) is 0 Å². The number of hydrogen-bond donors (Lipinski definition) is 1. The SMILES string of the molecule is O=C1CC2(C(=O)N1)C(=O)N1CCCc3cccc2c31. The Bertz CT molecular complexity index is 652. The average molecular weight is 256 g/mol. The van der Waals surface area contributed by atoms with E-state index < -0.39 is 11.3 Å². The van der Waals surface area contributed by atoms with E-state index in [1.54, 1.807) is 11.0 Å².